The fraction of sp³-hybridized carbons (Fsp3) is 0.516. The Hall–Kier alpha value is -3.24. The van der Waals surface area contributed by atoms with Crippen LogP contribution in [0.4, 0.5) is 19.0 Å². The molecule has 7 nitrogen and oxygen atoms in total. The summed E-state index contributed by atoms with van der Waals surface area (Å²) in [5, 5.41) is 7.63. The van der Waals surface area contributed by atoms with Gasteiger partial charge in [0.2, 0.25) is 0 Å². The van der Waals surface area contributed by atoms with Crippen molar-refractivity contribution >= 4 is 12.1 Å². The predicted molar refractivity (Wildman–Crippen MR) is 158 cm³/mol. The van der Waals surface area contributed by atoms with Crippen LogP contribution in [0.2, 0.25) is 0 Å². The van der Waals surface area contributed by atoms with Crippen molar-refractivity contribution in [3.63, 3.8) is 0 Å². The summed E-state index contributed by atoms with van der Waals surface area (Å²) in [4.78, 5) is 17.4. The number of piperidine rings is 1. The molecule has 226 valence electrons. The summed E-state index contributed by atoms with van der Waals surface area (Å²) in [6.07, 6.45) is -0.195. The summed E-state index contributed by atoms with van der Waals surface area (Å²) in [5.41, 5.74) is 2.53. The van der Waals surface area contributed by atoms with Crippen molar-refractivity contribution < 1.29 is 22.7 Å². The summed E-state index contributed by atoms with van der Waals surface area (Å²) in [5.74, 6) is 1.07. The van der Waals surface area contributed by atoms with Gasteiger partial charge in [0.1, 0.15) is 11.5 Å². The van der Waals surface area contributed by atoms with Gasteiger partial charge in [0.15, 0.2) is 6.29 Å². The van der Waals surface area contributed by atoms with Crippen molar-refractivity contribution in [1.29, 1.82) is 0 Å². The summed E-state index contributed by atoms with van der Waals surface area (Å²) < 4.78 is 44.5. The molecule has 10 heteroatoms. The minimum absolute atomic E-state index is 0.396. The van der Waals surface area contributed by atoms with Gasteiger partial charge < -0.3 is 15.0 Å². The minimum atomic E-state index is -4.33. The van der Waals surface area contributed by atoms with Crippen molar-refractivity contribution in [3.8, 4) is 11.3 Å². The molecule has 0 radical (unpaired) electrons. The first-order valence-electron chi connectivity index (χ1n) is 14.4. The third kappa shape index (κ3) is 9.39. The zero-order valence-corrected chi connectivity index (χ0v) is 25.0. The molecule has 2 atom stereocenters. The van der Waals surface area contributed by atoms with Gasteiger partial charge in [0.25, 0.3) is 0 Å². The van der Waals surface area contributed by atoms with E-state index in [1.165, 1.54) is 18.9 Å². The van der Waals surface area contributed by atoms with E-state index in [0.29, 0.717) is 49.6 Å². The molecule has 1 N–H and O–H groups in total. The SMILES string of the molecule is CC.CC.CC1CCCN(C)[C@@H]1CNc1ccc(C(F)(F)F)cn1.O=Cc1c(-c2ccccc2)nn2c1COCC2. The second-order valence-electron chi connectivity index (χ2n) is 9.45. The van der Waals surface area contributed by atoms with E-state index in [9.17, 15) is 18.0 Å². The van der Waals surface area contributed by atoms with E-state index in [1.807, 2.05) is 62.7 Å². The van der Waals surface area contributed by atoms with Gasteiger partial charge in [-0.2, -0.15) is 18.3 Å². The molecule has 2 aromatic heterocycles. The lowest BCUT2D eigenvalue weighted by Gasteiger charge is -2.37. The maximum absolute atomic E-state index is 12.4. The van der Waals surface area contributed by atoms with Gasteiger partial charge in [-0.05, 0) is 44.5 Å². The molecule has 1 saturated heterocycles. The first kappa shape index (κ1) is 34.0. The standard InChI is InChI=1S/C14H20F3N3.C13H12N2O2.2C2H6/c1-10-4-3-7-20(2)12(10)9-19-13-6-5-11(8-18-13)14(15,16)17;16-8-11-12-9-17-7-6-15(12)14-13(11)10-4-2-1-3-5-10;2*1-2/h5-6,8,10,12H,3-4,7,9H2,1-2H3,(H,18,19);1-5,8H,6-7,9H2;2*1-2H3/t10?,12-;;;/m1.../s1. The number of pyridine rings is 1. The van der Waals surface area contributed by atoms with Gasteiger partial charge >= 0.3 is 6.18 Å². The molecule has 0 amide bonds. The number of carbonyl (C=O) groups is 1. The first-order chi connectivity index (χ1) is 19.8. The van der Waals surface area contributed by atoms with Crippen molar-refractivity contribution in [2.45, 2.75) is 72.8 Å². The number of alkyl halides is 3. The molecule has 0 saturated carbocycles. The van der Waals surface area contributed by atoms with Crippen LogP contribution in [0, 0.1) is 5.92 Å². The lowest BCUT2D eigenvalue weighted by Crippen LogP contribution is -2.45. The zero-order chi connectivity index (χ0) is 30.4. The quantitative estimate of drug-likeness (QED) is 0.325. The third-order valence-corrected chi connectivity index (χ3v) is 6.93. The highest BCUT2D eigenvalue weighted by atomic mass is 19.4. The number of nitrogens with one attached hydrogen (secondary N) is 1. The van der Waals surface area contributed by atoms with Gasteiger partial charge in [-0.3, -0.25) is 9.48 Å². The molecule has 0 bridgehead atoms. The van der Waals surface area contributed by atoms with E-state index in [1.54, 1.807) is 0 Å². The Morgan fingerprint density at radius 3 is 2.37 bits per heavy atom. The fourth-order valence-corrected chi connectivity index (χ4v) is 4.79. The molecule has 2 aliphatic rings. The molecule has 41 heavy (non-hydrogen) atoms. The molecule has 0 spiro atoms. The van der Waals surface area contributed by atoms with E-state index in [-0.39, 0.29) is 0 Å². The Bertz CT molecular complexity index is 1160. The molecule has 3 aromatic rings. The molecule has 5 rings (SSSR count). The van der Waals surface area contributed by atoms with Crippen LogP contribution >= 0.6 is 0 Å². The third-order valence-electron chi connectivity index (χ3n) is 6.93. The van der Waals surface area contributed by atoms with Crippen molar-refractivity contribution in [2.24, 2.45) is 5.92 Å². The zero-order valence-electron chi connectivity index (χ0n) is 25.0. The number of ether oxygens (including phenoxy) is 1. The maximum Gasteiger partial charge on any atom is 0.417 e. The lowest BCUT2D eigenvalue weighted by molar-refractivity contribution is -0.137. The van der Waals surface area contributed by atoms with Crippen LogP contribution in [-0.4, -0.2) is 58.7 Å². The van der Waals surface area contributed by atoms with Gasteiger partial charge in [-0.15, -0.1) is 0 Å². The van der Waals surface area contributed by atoms with Gasteiger partial charge in [-0.25, -0.2) is 4.98 Å². The van der Waals surface area contributed by atoms with Crippen LogP contribution in [0.15, 0.2) is 48.7 Å². The number of hydrogen-bond donors (Lipinski definition) is 1. The normalized spacial score (nSPS) is 18.3. The maximum atomic E-state index is 12.4. The number of halogens is 3. The van der Waals surface area contributed by atoms with Gasteiger partial charge in [0.05, 0.1) is 36.6 Å². The summed E-state index contributed by atoms with van der Waals surface area (Å²) in [6, 6.07) is 12.6. The Kier molecular flexibility index (Phi) is 14.0. The van der Waals surface area contributed by atoms with Gasteiger partial charge in [-0.1, -0.05) is 65.0 Å². The first-order valence-corrected chi connectivity index (χ1v) is 14.4. The Labute approximate surface area is 242 Å². The second kappa shape index (κ2) is 16.9. The number of carbonyl (C=O) groups excluding carboxylic acids is 1. The summed E-state index contributed by atoms with van der Waals surface area (Å²) in [6.45, 7) is 13.8. The van der Waals surface area contributed by atoms with Crippen LogP contribution in [0.5, 0.6) is 0 Å². The van der Waals surface area contributed by atoms with Crippen molar-refractivity contribution in [2.75, 3.05) is 32.1 Å². The number of fused-ring (bicyclic) bond motifs is 1. The number of nitrogens with zero attached hydrogens (tertiary/aromatic N) is 4. The molecular weight excluding hydrogens is 531 g/mol. The van der Waals surface area contributed by atoms with E-state index >= 15 is 0 Å². The van der Waals surface area contributed by atoms with Gasteiger partial charge in [0, 0.05) is 24.3 Å². The fourth-order valence-electron chi connectivity index (χ4n) is 4.79. The number of rotatable bonds is 5. The number of anilines is 1. The second-order valence-corrected chi connectivity index (χ2v) is 9.45. The van der Waals surface area contributed by atoms with E-state index in [0.717, 1.165) is 42.0 Å². The number of likely N-dealkylation sites (N-methyl/N-ethyl adjacent to an activating group) is 1. The Morgan fingerprint density at radius 2 is 1.78 bits per heavy atom. The minimum Gasteiger partial charge on any atom is -0.373 e. The molecular formula is C31H44F3N5O2. The molecule has 0 aliphatic carbocycles. The largest absolute Gasteiger partial charge is 0.417 e. The van der Waals surface area contributed by atoms with E-state index in [2.05, 4.69) is 34.3 Å². The average molecular weight is 576 g/mol. The van der Waals surface area contributed by atoms with Crippen LogP contribution in [0.1, 0.15) is 69.1 Å². The summed E-state index contributed by atoms with van der Waals surface area (Å²) in [7, 11) is 2.09. The number of aromatic nitrogens is 3. The molecule has 2 aliphatic heterocycles. The van der Waals surface area contributed by atoms with E-state index in [4.69, 9.17) is 4.74 Å². The molecule has 4 heterocycles. The lowest BCUT2D eigenvalue weighted by atomic mass is 9.91. The molecule has 1 aromatic carbocycles. The smallest absolute Gasteiger partial charge is 0.373 e. The highest BCUT2D eigenvalue weighted by Gasteiger charge is 2.31. The number of aldehydes is 1. The van der Waals surface area contributed by atoms with Crippen LogP contribution in [0.25, 0.3) is 11.3 Å². The number of hydrogen-bond acceptors (Lipinski definition) is 6. The predicted octanol–water partition coefficient (Wildman–Crippen LogP) is 7.19. The molecule has 1 fully saturated rings. The highest BCUT2D eigenvalue weighted by Crippen LogP contribution is 2.29. The Balaban J connectivity index is 0.000000258. The van der Waals surface area contributed by atoms with Crippen LogP contribution < -0.4 is 5.32 Å². The van der Waals surface area contributed by atoms with Crippen LogP contribution in [-0.2, 0) is 24.1 Å². The topological polar surface area (TPSA) is 72.3 Å². The monoisotopic (exact) mass is 575 g/mol. The van der Waals surface area contributed by atoms with E-state index < -0.39 is 11.7 Å². The number of benzene rings is 1. The highest BCUT2D eigenvalue weighted by molar-refractivity contribution is 5.87. The van der Waals surface area contributed by atoms with Crippen molar-refractivity contribution in [3.05, 3.63) is 65.5 Å². The van der Waals surface area contributed by atoms with Crippen molar-refractivity contribution in [1.82, 2.24) is 19.7 Å². The number of likely N-dealkylation sites (tertiary alicyclic amines) is 1. The summed E-state index contributed by atoms with van der Waals surface area (Å²) >= 11 is 0. The molecule has 1 unspecified atom stereocenters. The van der Waals surface area contributed by atoms with Crippen LogP contribution in [0.3, 0.4) is 0 Å². The Morgan fingerprint density at radius 1 is 1.07 bits per heavy atom. The average Bonchev–Trinajstić information content (AvgIpc) is 3.38.